The molecule has 2 aliphatic heterocycles. The van der Waals surface area contributed by atoms with Crippen LogP contribution in [0.25, 0.3) is 0 Å². The summed E-state index contributed by atoms with van der Waals surface area (Å²) in [5, 5.41) is 0. The molecule has 1 saturated heterocycles. The predicted octanol–water partition coefficient (Wildman–Crippen LogP) is 4.03. The molecule has 0 aliphatic carbocycles. The number of amidine groups is 1. The van der Waals surface area contributed by atoms with E-state index in [4.69, 9.17) is 19.9 Å². The van der Waals surface area contributed by atoms with Gasteiger partial charge in [0.25, 0.3) is 0 Å². The molecule has 0 bridgehead atoms. The van der Waals surface area contributed by atoms with Gasteiger partial charge in [0.1, 0.15) is 11.9 Å². The Morgan fingerprint density at radius 2 is 1.89 bits per heavy atom. The number of alkyl halides is 3. The van der Waals surface area contributed by atoms with Gasteiger partial charge < -0.3 is 19.9 Å². The summed E-state index contributed by atoms with van der Waals surface area (Å²) in [7, 11) is -2.63. The first-order valence-electron chi connectivity index (χ1n) is 11.6. The third kappa shape index (κ3) is 5.57. The number of hydrogen-bond donors (Lipinski definition) is 2. The van der Waals surface area contributed by atoms with Crippen LogP contribution in [0, 0.1) is 0 Å². The average molecular weight is 543 g/mol. The highest BCUT2D eigenvalue weighted by molar-refractivity contribution is 7.91. The Labute approximate surface area is 213 Å². The second kappa shape index (κ2) is 9.93. The Bertz CT molecular complexity index is 1310. The van der Waals surface area contributed by atoms with Gasteiger partial charge in [-0.1, -0.05) is 0 Å². The average Bonchev–Trinajstić information content (AvgIpc) is 3.30. The number of nitrogens with two attached hydrogens (primary N) is 1. The van der Waals surface area contributed by atoms with Crippen molar-refractivity contribution >= 4 is 27.4 Å². The van der Waals surface area contributed by atoms with Crippen LogP contribution in [0.2, 0.25) is 0 Å². The van der Waals surface area contributed by atoms with Crippen molar-refractivity contribution in [3.05, 3.63) is 47.0 Å². The van der Waals surface area contributed by atoms with E-state index in [0.717, 1.165) is 12.1 Å². The van der Waals surface area contributed by atoms with Crippen LogP contribution in [0.5, 0.6) is 11.5 Å². The lowest BCUT2D eigenvalue weighted by Crippen LogP contribution is -2.51. The Morgan fingerprint density at radius 3 is 2.49 bits per heavy atom. The van der Waals surface area contributed by atoms with Crippen LogP contribution < -0.4 is 24.2 Å². The monoisotopic (exact) mass is 542 g/mol. The van der Waals surface area contributed by atoms with E-state index in [1.807, 2.05) is 0 Å². The van der Waals surface area contributed by atoms with Crippen molar-refractivity contribution in [2.75, 3.05) is 30.4 Å². The first kappa shape index (κ1) is 26.9. The highest BCUT2D eigenvalue weighted by atomic mass is 32.2. The maximum atomic E-state index is 13.3. The van der Waals surface area contributed by atoms with E-state index in [9.17, 15) is 21.6 Å². The molecular formula is C24H29F3N4O5S. The molecule has 2 heterocycles. The number of aliphatic imine (C=N–C) groups is 1. The minimum Gasteiger partial charge on any atom is -0.493 e. The van der Waals surface area contributed by atoms with Gasteiger partial charge in [-0.25, -0.2) is 4.72 Å². The van der Waals surface area contributed by atoms with Gasteiger partial charge in [0.2, 0.25) is 0 Å². The van der Waals surface area contributed by atoms with Crippen LogP contribution in [0.1, 0.15) is 49.9 Å². The largest absolute Gasteiger partial charge is 0.493 e. The van der Waals surface area contributed by atoms with Crippen molar-refractivity contribution in [2.45, 2.75) is 51.6 Å². The molecule has 4 rings (SSSR count). The van der Waals surface area contributed by atoms with Crippen molar-refractivity contribution in [1.82, 2.24) is 4.72 Å². The zero-order chi connectivity index (χ0) is 27.1. The summed E-state index contributed by atoms with van der Waals surface area (Å²) < 4.78 is 87.0. The van der Waals surface area contributed by atoms with Gasteiger partial charge in [0.05, 0.1) is 37.6 Å². The Kier molecular flexibility index (Phi) is 7.21. The fourth-order valence-corrected chi connectivity index (χ4v) is 5.79. The van der Waals surface area contributed by atoms with E-state index < -0.39 is 34.0 Å². The van der Waals surface area contributed by atoms with Crippen LogP contribution in [0.4, 0.5) is 24.5 Å². The van der Waals surface area contributed by atoms with Gasteiger partial charge in [-0.3, -0.25) is 9.30 Å². The van der Waals surface area contributed by atoms with Gasteiger partial charge in [0.15, 0.2) is 11.5 Å². The van der Waals surface area contributed by atoms with Crippen molar-refractivity contribution in [2.24, 2.45) is 4.99 Å². The third-order valence-electron chi connectivity index (χ3n) is 6.02. The van der Waals surface area contributed by atoms with Gasteiger partial charge >= 0.3 is 16.4 Å². The van der Waals surface area contributed by atoms with Crippen LogP contribution in [0.3, 0.4) is 0 Å². The first-order chi connectivity index (χ1) is 17.3. The smallest absolute Gasteiger partial charge is 0.416 e. The van der Waals surface area contributed by atoms with Gasteiger partial charge in [-0.2, -0.15) is 21.6 Å². The molecule has 2 atom stereocenters. The first-order valence-corrected chi connectivity index (χ1v) is 13.1. The van der Waals surface area contributed by atoms with Crippen molar-refractivity contribution in [3.63, 3.8) is 0 Å². The maximum Gasteiger partial charge on any atom is 0.416 e. The summed E-state index contributed by atoms with van der Waals surface area (Å²) >= 11 is 0. The molecule has 202 valence electrons. The van der Waals surface area contributed by atoms with E-state index in [-0.39, 0.29) is 23.2 Å². The standard InChI is InChI=1S/C24H29F3N4O5S/c1-13(2)31-20-11-21(34-4)22(36-18-5-6-35-12-18)10-19(20)23(30-37(31,32)33)29-14(3)15-7-16(24(25,26)27)9-17(28)8-15/h7-11,13-14,18H,5-6,12,28H2,1-4H3,(H,29,30)/t14-,18?/m1/s1. The van der Waals surface area contributed by atoms with Crippen LogP contribution >= 0.6 is 0 Å². The van der Waals surface area contributed by atoms with E-state index in [1.165, 1.54) is 17.5 Å². The number of methoxy groups -OCH3 is 1. The number of rotatable bonds is 6. The van der Waals surface area contributed by atoms with E-state index >= 15 is 0 Å². The molecule has 13 heteroatoms. The summed E-state index contributed by atoms with van der Waals surface area (Å²) in [5.74, 6) is 0.655. The quantitative estimate of drug-likeness (QED) is 0.533. The van der Waals surface area contributed by atoms with E-state index in [2.05, 4.69) is 9.71 Å². The molecule has 0 aromatic heterocycles. The molecular weight excluding hydrogens is 513 g/mol. The van der Waals surface area contributed by atoms with Crippen molar-refractivity contribution in [1.29, 1.82) is 0 Å². The number of nitrogen functional groups attached to an aromatic ring is 1. The number of benzene rings is 2. The Hall–Kier alpha value is -3.19. The molecule has 1 fully saturated rings. The topological polar surface area (TPSA) is 115 Å². The van der Waals surface area contributed by atoms with Gasteiger partial charge in [-0.05, 0) is 50.6 Å². The molecule has 9 nitrogen and oxygen atoms in total. The molecule has 2 aromatic carbocycles. The zero-order valence-electron chi connectivity index (χ0n) is 20.8. The molecule has 1 unspecified atom stereocenters. The number of halogens is 3. The summed E-state index contributed by atoms with van der Waals surface area (Å²) in [6.07, 6.45) is -4.12. The molecule has 2 aromatic rings. The summed E-state index contributed by atoms with van der Waals surface area (Å²) in [4.78, 5) is 4.49. The number of nitrogens with one attached hydrogen (secondary N) is 1. The van der Waals surface area contributed by atoms with E-state index in [0.29, 0.717) is 42.4 Å². The summed E-state index contributed by atoms with van der Waals surface area (Å²) in [6.45, 7) is 5.95. The molecule has 0 saturated carbocycles. The second-order valence-electron chi connectivity index (χ2n) is 9.16. The normalized spacial score (nSPS) is 21.0. The lowest BCUT2D eigenvalue weighted by molar-refractivity contribution is -0.137. The number of fused-ring (bicyclic) bond motifs is 1. The Balaban J connectivity index is 1.84. The second-order valence-corrected chi connectivity index (χ2v) is 10.7. The minimum atomic E-state index is -4.60. The number of ether oxygens (including phenoxy) is 3. The molecule has 37 heavy (non-hydrogen) atoms. The molecule has 3 N–H and O–H groups in total. The lowest BCUT2D eigenvalue weighted by atomic mass is 10.0. The zero-order valence-corrected chi connectivity index (χ0v) is 21.6. The predicted molar refractivity (Wildman–Crippen MR) is 133 cm³/mol. The van der Waals surface area contributed by atoms with Crippen LogP contribution in [-0.4, -0.2) is 46.7 Å². The Morgan fingerprint density at radius 1 is 1.16 bits per heavy atom. The summed E-state index contributed by atoms with van der Waals surface area (Å²) in [6, 6.07) is 5.02. The molecule has 0 radical (unpaired) electrons. The van der Waals surface area contributed by atoms with Crippen molar-refractivity contribution < 1.29 is 35.8 Å². The molecule has 0 spiro atoms. The fourth-order valence-electron chi connectivity index (χ4n) is 4.32. The highest BCUT2D eigenvalue weighted by Gasteiger charge is 2.37. The lowest BCUT2D eigenvalue weighted by Gasteiger charge is -2.35. The van der Waals surface area contributed by atoms with Crippen LogP contribution in [0.15, 0.2) is 35.3 Å². The van der Waals surface area contributed by atoms with Gasteiger partial charge in [-0.15, -0.1) is 0 Å². The molecule has 0 amide bonds. The third-order valence-corrected chi connectivity index (χ3v) is 7.61. The van der Waals surface area contributed by atoms with Crippen molar-refractivity contribution in [3.8, 4) is 11.5 Å². The number of nitrogens with zero attached hydrogens (tertiary/aromatic N) is 2. The fraction of sp³-hybridized carbons (Fsp3) is 0.458. The van der Waals surface area contributed by atoms with E-state index in [1.54, 1.807) is 32.9 Å². The molecule has 2 aliphatic rings. The highest BCUT2D eigenvalue weighted by Crippen LogP contribution is 2.41. The maximum absolute atomic E-state index is 13.3. The minimum absolute atomic E-state index is 0.0365. The number of anilines is 2. The number of hydrogen-bond acceptors (Lipinski definition) is 7. The summed E-state index contributed by atoms with van der Waals surface area (Å²) in [5.41, 5.74) is 5.61. The van der Waals surface area contributed by atoms with Gasteiger partial charge in [0, 0.05) is 29.8 Å². The SMILES string of the molecule is COc1cc2c(cc1OC1CCOC1)C(=N[C@H](C)c1cc(N)cc(C(F)(F)F)c1)NS(=O)(=O)N2C(C)C. The van der Waals surface area contributed by atoms with Crippen LogP contribution in [-0.2, 0) is 21.1 Å².